The van der Waals surface area contributed by atoms with Crippen molar-refractivity contribution in [2.24, 2.45) is 0 Å². The molecule has 1 aliphatic heterocycles. The predicted molar refractivity (Wildman–Crippen MR) is 106 cm³/mol. The Bertz CT molecular complexity index is 1140. The fourth-order valence-electron chi connectivity index (χ4n) is 3.65. The van der Waals surface area contributed by atoms with Gasteiger partial charge in [0.2, 0.25) is 0 Å². The van der Waals surface area contributed by atoms with Crippen molar-refractivity contribution in [2.45, 2.75) is 25.9 Å². The number of nitrogens with zero attached hydrogens (tertiary/aromatic N) is 1. The standard InChI is InChI=1S/C22H17ClN2O2/c1-3-22(2)19-18(13-8-10-14(23)11-9-13)16(12-24)21(26)25-20(19)15-6-4-5-7-17(15)27-22/h4-11H,3H2,1-2H3,(H,25,26). The summed E-state index contributed by atoms with van der Waals surface area (Å²) < 4.78 is 6.36. The minimum atomic E-state index is -0.686. The lowest BCUT2D eigenvalue weighted by Gasteiger charge is -2.38. The summed E-state index contributed by atoms with van der Waals surface area (Å²) in [6.07, 6.45) is 0.672. The maximum atomic E-state index is 12.7. The van der Waals surface area contributed by atoms with Crippen LogP contribution in [0.3, 0.4) is 0 Å². The first-order valence-corrected chi connectivity index (χ1v) is 9.11. The van der Waals surface area contributed by atoms with Gasteiger partial charge < -0.3 is 9.72 Å². The molecule has 1 N–H and O–H groups in total. The maximum Gasteiger partial charge on any atom is 0.266 e. The Morgan fingerprint density at radius 1 is 1.19 bits per heavy atom. The number of nitriles is 1. The first-order valence-electron chi connectivity index (χ1n) is 8.73. The summed E-state index contributed by atoms with van der Waals surface area (Å²) in [5.41, 5.74) is 2.70. The van der Waals surface area contributed by atoms with Gasteiger partial charge in [0.15, 0.2) is 0 Å². The van der Waals surface area contributed by atoms with Crippen LogP contribution in [0.2, 0.25) is 5.02 Å². The minimum Gasteiger partial charge on any atom is -0.482 e. The molecular formula is C22H17ClN2O2. The number of halogens is 1. The molecule has 134 valence electrons. The van der Waals surface area contributed by atoms with E-state index in [1.54, 1.807) is 12.1 Å². The number of aromatic nitrogens is 1. The van der Waals surface area contributed by atoms with E-state index in [2.05, 4.69) is 11.1 Å². The Balaban J connectivity index is 2.18. The summed E-state index contributed by atoms with van der Waals surface area (Å²) in [5, 5.41) is 10.3. The number of benzene rings is 2. The molecular weight excluding hydrogens is 360 g/mol. The molecule has 4 nitrogen and oxygen atoms in total. The van der Waals surface area contributed by atoms with Crippen LogP contribution in [0.1, 0.15) is 31.4 Å². The Labute approximate surface area is 162 Å². The molecule has 5 heteroatoms. The number of aromatic amines is 1. The summed E-state index contributed by atoms with van der Waals surface area (Å²) in [4.78, 5) is 15.7. The first kappa shape index (κ1) is 17.4. The quantitative estimate of drug-likeness (QED) is 0.664. The topological polar surface area (TPSA) is 65.9 Å². The van der Waals surface area contributed by atoms with Crippen LogP contribution in [0.4, 0.5) is 0 Å². The van der Waals surface area contributed by atoms with Crippen molar-refractivity contribution in [2.75, 3.05) is 0 Å². The molecule has 0 bridgehead atoms. The largest absolute Gasteiger partial charge is 0.482 e. The molecule has 0 spiro atoms. The van der Waals surface area contributed by atoms with Gasteiger partial charge in [0, 0.05) is 21.7 Å². The van der Waals surface area contributed by atoms with Gasteiger partial charge in [-0.25, -0.2) is 0 Å². The van der Waals surface area contributed by atoms with E-state index in [9.17, 15) is 10.1 Å². The van der Waals surface area contributed by atoms with Gasteiger partial charge in [0.1, 0.15) is 23.0 Å². The van der Waals surface area contributed by atoms with E-state index in [1.165, 1.54) is 0 Å². The second kappa shape index (κ2) is 6.29. The lowest BCUT2D eigenvalue weighted by molar-refractivity contribution is 0.0797. The molecule has 0 radical (unpaired) electrons. The van der Waals surface area contributed by atoms with Crippen molar-refractivity contribution >= 4 is 11.6 Å². The highest BCUT2D eigenvalue weighted by molar-refractivity contribution is 6.30. The average molecular weight is 377 g/mol. The van der Waals surface area contributed by atoms with Crippen molar-refractivity contribution in [3.63, 3.8) is 0 Å². The van der Waals surface area contributed by atoms with Crippen LogP contribution in [0.25, 0.3) is 22.4 Å². The Hall–Kier alpha value is -3.03. The van der Waals surface area contributed by atoms with E-state index in [1.807, 2.05) is 50.2 Å². The summed E-state index contributed by atoms with van der Waals surface area (Å²) in [6, 6.07) is 16.9. The van der Waals surface area contributed by atoms with Crippen molar-refractivity contribution < 1.29 is 4.74 Å². The van der Waals surface area contributed by atoms with Crippen LogP contribution in [-0.4, -0.2) is 4.98 Å². The van der Waals surface area contributed by atoms with Crippen LogP contribution >= 0.6 is 11.6 Å². The number of fused-ring (bicyclic) bond motifs is 3. The number of hydrogen-bond donors (Lipinski definition) is 1. The minimum absolute atomic E-state index is 0.0822. The van der Waals surface area contributed by atoms with Crippen molar-refractivity contribution in [3.05, 3.63) is 75.0 Å². The van der Waals surface area contributed by atoms with Gasteiger partial charge in [-0.2, -0.15) is 5.26 Å². The van der Waals surface area contributed by atoms with E-state index in [0.29, 0.717) is 22.7 Å². The van der Waals surface area contributed by atoms with Gasteiger partial charge in [-0.1, -0.05) is 42.8 Å². The van der Waals surface area contributed by atoms with Gasteiger partial charge >= 0.3 is 0 Å². The van der Waals surface area contributed by atoms with Crippen molar-refractivity contribution in [3.8, 4) is 34.2 Å². The number of H-pyrrole nitrogens is 1. The fraction of sp³-hybridized carbons (Fsp3) is 0.182. The van der Waals surface area contributed by atoms with E-state index in [4.69, 9.17) is 16.3 Å². The molecule has 1 aliphatic rings. The molecule has 0 fully saturated rings. The summed E-state index contributed by atoms with van der Waals surface area (Å²) in [6.45, 7) is 4.02. The fourth-order valence-corrected chi connectivity index (χ4v) is 3.78. The number of para-hydroxylation sites is 1. The third kappa shape index (κ3) is 2.63. The Morgan fingerprint density at radius 2 is 1.89 bits per heavy atom. The van der Waals surface area contributed by atoms with Crippen LogP contribution in [0.15, 0.2) is 53.3 Å². The molecule has 1 unspecified atom stereocenters. The van der Waals surface area contributed by atoms with E-state index >= 15 is 0 Å². The predicted octanol–water partition coefficient (Wildman–Crippen LogP) is 5.25. The lowest BCUT2D eigenvalue weighted by Crippen LogP contribution is -2.35. The Morgan fingerprint density at radius 3 is 2.56 bits per heavy atom. The summed E-state index contributed by atoms with van der Waals surface area (Å²) in [5.74, 6) is 0.719. The number of rotatable bonds is 2. The molecule has 1 aromatic heterocycles. The van der Waals surface area contributed by atoms with Crippen LogP contribution in [-0.2, 0) is 5.60 Å². The van der Waals surface area contributed by atoms with Gasteiger partial charge in [0.05, 0.1) is 5.69 Å². The third-order valence-corrected chi connectivity index (χ3v) is 5.41. The average Bonchev–Trinajstić information content (AvgIpc) is 2.68. The highest BCUT2D eigenvalue weighted by Gasteiger charge is 2.39. The molecule has 2 aromatic carbocycles. The molecule has 0 aliphatic carbocycles. The molecule has 4 rings (SSSR count). The van der Waals surface area contributed by atoms with Crippen LogP contribution in [0.5, 0.6) is 5.75 Å². The molecule has 2 heterocycles. The van der Waals surface area contributed by atoms with Gasteiger partial charge in [-0.3, -0.25) is 4.79 Å². The number of hydrogen-bond acceptors (Lipinski definition) is 3. The summed E-state index contributed by atoms with van der Waals surface area (Å²) in [7, 11) is 0. The molecule has 0 amide bonds. The van der Waals surface area contributed by atoms with Crippen molar-refractivity contribution in [1.29, 1.82) is 5.26 Å². The highest BCUT2D eigenvalue weighted by atomic mass is 35.5. The second-order valence-electron chi connectivity index (χ2n) is 6.76. The molecule has 3 aromatic rings. The zero-order valence-electron chi connectivity index (χ0n) is 15.0. The van der Waals surface area contributed by atoms with Crippen LogP contribution < -0.4 is 10.3 Å². The van der Waals surface area contributed by atoms with Crippen LogP contribution in [0, 0.1) is 11.3 Å². The van der Waals surface area contributed by atoms with Gasteiger partial charge in [0.25, 0.3) is 5.56 Å². The number of ether oxygens (including phenoxy) is 1. The molecule has 0 saturated carbocycles. The number of pyridine rings is 1. The van der Waals surface area contributed by atoms with E-state index in [-0.39, 0.29) is 5.56 Å². The number of nitrogens with one attached hydrogen (secondary N) is 1. The molecule has 27 heavy (non-hydrogen) atoms. The second-order valence-corrected chi connectivity index (χ2v) is 7.19. The first-order chi connectivity index (χ1) is 13.0. The zero-order valence-corrected chi connectivity index (χ0v) is 15.7. The summed E-state index contributed by atoms with van der Waals surface area (Å²) >= 11 is 6.04. The van der Waals surface area contributed by atoms with Gasteiger partial charge in [-0.15, -0.1) is 0 Å². The van der Waals surface area contributed by atoms with E-state index < -0.39 is 11.2 Å². The molecule has 0 saturated heterocycles. The maximum absolute atomic E-state index is 12.7. The smallest absolute Gasteiger partial charge is 0.266 e. The highest BCUT2D eigenvalue weighted by Crippen LogP contribution is 2.49. The normalized spacial score (nSPS) is 17.4. The molecule has 1 atom stereocenters. The Kier molecular flexibility index (Phi) is 4.05. The third-order valence-electron chi connectivity index (χ3n) is 5.16. The lowest BCUT2D eigenvalue weighted by atomic mass is 9.80. The zero-order chi connectivity index (χ0) is 19.2. The van der Waals surface area contributed by atoms with Crippen molar-refractivity contribution in [1.82, 2.24) is 4.98 Å². The van der Waals surface area contributed by atoms with Gasteiger partial charge in [-0.05, 0) is 43.2 Å². The monoisotopic (exact) mass is 376 g/mol. The SMILES string of the molecule is CCC1(C)Oc2ccccc2-c2[nH]c(=O)c(C#N)c(-c3ccc(Cl)cc3)c21. The van der Waals surface area contributed by atoms with E-state index in [0.717, 1.165) is 22.4 Å².